The molecule has 1 rings (SSSR count). The first-order chi connectivity index (χ1) is 8.92. The zero-order valence-corrected chi connectivity index (χ0v) is 12.4. The van der Waals surface area contributed by atoms with Gasteiger partial charge < -0.3 is 10.6 Å². The SMILES string of the molecule is CCC(C)Nc1nc(C)cc(C(=O)NCC(C)C)n1. The van der Waals surface area contributed by atoms with E-state index in [1.165, 1.54) is 0 Å². The molecule has 5 heteroatoms. The van der Waals surface area contributed by atoms with Crippen molar-refractivity contribution in [1.82, 2.24) is 15.3 Å². The number of hydrogen-bond acceptors (Lipinski definition) is 4. The van der Waals surface area contributed by atoms with Gasteiger partial charge in [0.15, 0.2) is 0 Å². The van der Waals surface area contributed by atoms with Gasteiger partial charge in [-0.05, 0) is 32.3 Å². The van der Waals surface area contributed by atoms with Crippen molar-refractivity contribution >= 4 is 11.9 Å². The topological polar surface area (TPSA) is 66.9 Å². The Morgan fingerprint density at radius 2 is 2.00 bits per heavy atom. The lowest BCUT2D eigenvalue weighted by Crippen LogP contribution is -2.28. The van der Waals surface area contributed by atoms with Crippen LogP contribution in [0.4, 0.5) is 5.95 Å². The molecule has 0 bridgehead atoms. The van der Waals surface area contributed by atoms with Gasteiger partial charge in [0.25, 0.3) is 5.91 Å². The molecule has 0 aliphatic carbocycles. The summed E-state index contributed by atoms with van der Waals surface area (Å²) >= 11 is 0. The second kappa shape index (κ2) is 7.07. The van der Waals surface area contributed by atoms with Gasteiger partial charge in [0, 0.05) is 18.3 Å². The molecule has 0 spiro atoms. The summed E-state index contributed by atoms with van der Waals surface area (Å²) in [5.41, 5.74) is 1.20. The average molecular weight is 264 g/mol. The van der Waals surface area contributed by atoms with E-state index >= 15 is 0 Å². The Kier molecular flexibility index (Phi) is 5.73. The monoisotopic (exact) mass is 264 g/mol. The quantitative estimate of drug-likeness (QED) is 0.828. The Morgan fingerprint density at radius 1 is 1.32 bits per heavy atom. The molecule has 1 atom stereocenters. The molecule has 1 heterocycles. The van der Waals surface area contributed by atoms with E-state index in [4.69, 9.17) is 0 Å². The molecule has 106 valence electrons. The zero-order chi connectivity index (χ0) is 14.4. The molecule has 1 amide bonds. The van der Waals surface area contributed by atoms with Crippen molar-refractivity contribution in [2.75, 3.05) is 11.9 Å². The lowest BCUT2D eigenvalue weighted by molar-refractivity contribution is 0.0944. The van der Waals surface area contributed by atoms with E-state index in [1.54, 1.807) is 6.07 Å². The van der Waals surface area contributed by atoms with E-state index in [0.717, 1.165) is 12.1 Å². The van der Waals surface area contributed by atoms with Crippen molar-refractivity contribution in [2.45, 2.75) is 47.1 Å². The molecular weight excluding hydrogens is 240 g/mol. The first kappa shape index (κ1) is 15.4. The molecule has 1 aromatic rings. The van der Waals surface area contributed by atoms with Crippen LogP contribution < -0.4 is 10.6 Å². The van der Waals surface area contributed by atoms with Gasteiger partial charge in [-0.1, -0.05) is 20.8 Å². The maximum atomic E-state index is 12.0. The Morgan fingerprint density at radius 3 is 2.58 bits per heavy atom. The number of carbonyl (C=O) groups excluding carboxylic acids is 1. The number of carbonyl (C=O) groups is 1. The smallest absolute Gasteiger partial charge is 0.270 e. The predicted molar refractivity (Wildman–Crippen MR) is 77.3 cm³/mol. The number of anilines is 1. The highest BCUT2D eigenvalue weighted by molar-refractivity contribution is 5.92. The lowest BCUT2D eigenvalue weighted by Gasteiger charge is -2.13. The normalized spacial score (nSPS) is 12.3. The van der Waals surface area contributed by atoms with Gasteiger partial charge in [-0.3, -0.25) is 4.79 Å². The minimum absolute atomic E-state index is 0.147. The minimum Gasteiger partial charge on any atom is -0.352 e. The first-order valence-electron chi connectivity index (χ1n) is 6.82. The van der Waals surface area contributed by atoms with Crippen LogP contribution >= 0.6 is 0 Å². The number of nitrogens with zero attached hydrogens (tertiary/aromatic N) is 2. The minimum atomic E-state index is -0.147. The molecule has 1 unspecified atom stereocenters. The van der Waals surface area contributed by atoms with Gasteiger partial charge in [0.05, 0.1) is 0 Å². The molecule has 0 saturated heterocycles. The van der Waals surface area contributed by atoms with Crippen molar-refractivity contribution in [1.29, 1.82) is 0 Å². The molecule has 0 saturated carbocycles. The van der Waals surface area contributed by atoms with Crippen LogP contribution in [0.15, 0.2) is 6.07 Å². The van der Waals surface area contributed by atoms with Gasteiger partial charge in [-0.15, -0.1) is 0 Å². The van der Waals surface area contributed by atoms with Crippen molar-refractivity contribution < 1.29 is 4.79 Å². The van der Waals surface area contributed by atoms with Crippen molar-refractivity contribution in [3.8, 4) is 0 Å². The molecule has 0 fully saturated rings. The van der Waals surface area contributed by atoms with Crippen molar-refractivity contribution in [3.05, 3.63) is 17.5 Å². The fourth-order valence-electron chi connectivity index (χ4n) is 1.46. The van der Waals surface area contributed by atoms with Crippen LogP contribution in [0, 0.1) is 12.8 Å². The fraction of sp³-hybridized carbons (Fsp3) is 0.643. The average Bonchev–Trinajstić information content (AvgIpc) is 2.34. The van der Waals surface area contributed by atoms with Crippen LogP contribution in [0.1, 0.15) is 50.3 Å². The van der Waals surface area contributed by atoms with Crippen LogP contribution in [0.25, 0.3) is 0 Å². The summed E-state index contributed by atoms with van der Waals surface area (Å²) in [4.78, 5) is 20.5. The van der Waals surface area contributed by atoms with Crippen LogP contribution in [0.2, 0.25) is 0 Å². The predicted octanol–water partition coefficient (Wildman–Crippen LogP) is 2.38. The third kappa shape index (κ3) is 5.24. The highest BCUT2D eigenvalue weighted by atomic mass is 16.1. The lowest BCUT2D eigenvalue weighted by atomic mass is 10.2. The molecule has 0 aliphatic rings. The van der Waals surface area contributed by atoms with Gasteiger partial charge in [0.1, 0.15) is 5.69 Å². The summed E-state index contributed by atoms with van der Waals surface area (Å²) in [5, 5.41) is 6.05. The number of aryl methyl sites for hydroxylation is 1. The number of nitrogens with one attached hydrogen (secondary N) is 2. The van der Waals surface area contributed by atoms with Crippen LogP contribution in [0.3, 0.4) is 0 Å². The number of aromatic nitrogens is 2. The van der Waals surface area contributed by atoms with E-state index in [1.807, 2.05) is 6.92 Å². The Balaban J connectivity index is 2.80. The molecule has 5 nitrogen and oxygen atoms in total. The molecule has 1 aromatic heterocycles. The van der Waals surface area contributed by atoms with Gasteiger partial charge >= 0.3 is 0 Å². The largest absolute Gasteiger partial charge is 0.352 e. The molecule has 0 aliphatic heterocycles. The summed E-state index contributed by atoms with van der Waals surface area (Å²) in [6, 6.07) is 1.99. The van der Waals surface area contributed by atoms with E-state index in [-0.39, 0.29) is 11.9 Å². The summed E-state index contributed by atoms with van der Waals surface area (Å²) in [6.07, 6.45) is 0.978. The number of amides is 1. The second-order valence-electron chi connectivity index (χ2n) is 5.28. The molecule has 0 aromatic carbocycles. The number of rotatable bonds is 6. The third-order valence-electron chi connectivity index (χ3n) is 2.75. The maximum Gasteiger partial charge on any atom is 0.270 e. The van der Waals surface area contributed by atoms with Crippen LogP contribution in [0.5, 0.6) is 0 Å². The highest BCUT2D eigenvalue weighted by Crippen LogP contribution is 2.07. The zero-order valence-electron chi connectivity index (χ0n) is 12.4. The molecule has 2 N–H and O–H groups in total. The first-order valence-corrected chi connectivity index (χ1v) is 6.82. The van der Waals surface area contributed by atoms with Crippen molar-refractivity contribution in [3.63, 3.8) is 0 Å². The van der Waals surface area contributed by atoms with Gasteiger partial charge in [-0.2, -0.15) is 0 Å². The standard InChI is InChI=1S/C14H24N4O/c1-6-10(4)16-14-17-11(5)7-12(18-14)13(19)15-8-9(2)3/h7,9-10H,6,8H2,1-5H3,(H,15,19)(H,16,17,18). The van der Waals surface area contributed by atoms with Gasteiger partial charge in [-0.25, -0.2) is 9.97 Å². The van der Waals surface area contributed by atoms with Crippen LogP contribution in [-0.4, -0.2) is 28.5 Å². The Labute approximate surface area is 115 Å². The van der Waals surface area contributed by atoms with Crippen LogP contribution in [-0.2, 0) is 0 Å². The summed E-state index contributed by atoms with van der Waals surface area (Å²) < 4.78 is 0. The number of hydrogen-bond donors (Lipinski definition) is 2. The Bertz CT molecular complexity index is 431. The summed E-state index contributed by atoms with van der Waals surface area (Å²) in [7, 11) is 0. The van der Waals surface area contributed by atoms with E-state index < -0.39 is 0 Å². The maximum absolute atomic E-state index is 12.0. The summed E-state index contributed by atoms with van der Waals surface area (Å²) in [5.74, 6) is 0.792. The van der Waals surface area contributed by atoms with E-state index in [9.17, 15) is 4.79 Å². The van der Waals surface area contributed by atoms with E-state index in [0.29, 0.717) is 24.1 Å². The molecule has 19 heavy (non-hydrogen) atoms. The highest BCUT2D eigenvalue weighted by Gasteiger charge is 2.11. The second-order valence-corrected chi connectivity index (χ2v) is 5.28. The Hall–Kier alpha value is -1.65. The van der Waals surface area contributed by atoms with Crippen molar-refractivity contribution in [2.24, 2.45) is 5.92 Å². The van der Waals surface area contributed by atoms with E-state index in [2.05, 4.69) is 48.3 Å². The fourth-order valence-corrected chi connectivity index (χ4v) is 1.46. The molecular formula is C14H24N4O. The van der Waals surface area contributed by atoms with Gasteiger partial charge in [0.2, 0.25) is 5.95 Å². The summed E-state index contributed by atoms with van der Waals surface area (Å²) in [6.45, 7) is 10.8. The molecule has 0 radical (unpaired) electrons. The third-order valence-corrected chi connectivity index (χ3v) is 2.75.